The highest BCUT2D eigenvalue weighted by Gasteiger charge is 2.44. The molecule has 8 nitrogen and oxygen atoms in total. The number of nitrogens with one attached hydrogen (secondary N) is 1. The van der Waals surface area contributed by atoms with Gasteiger partial charge in [-0.15, -0.1) is 0 Å². The molecule has 1 heterocycles. The lowest BCUT2D eigenvalue weighted by atomic mass is 9.78. The maximum absolute atomic E-state index is 13.5. The minimum Gasteiger partial charge on any atom is -0.445 e. The molecule has 2 N–H and O–H groups in total. The fraction of sp³-hybridized carbons (Fsp3) is 0.464. The molecule has 1 aliphatic heterocycles. The number of carbonyl (C=O) groups is 3. The molecule has 36 heavy (non-hydrogen) atoms. The molecule has 1 saturated carbocycles. The van der Waals surface area contributed by atoms with Crippen LogP contribution in [0.15, 0.2) is 60.7 Å². The van der Waals surface area contributed by atoms with Gasteiger partial charge in [0, 0.05) is 26.2 Å². The normalized spacial score (nSPS) is 18.2. The first-order chi connectivity index (χ1) is 17.5. The zero-order chi connectivity index (χ0) is 25.4. The number of hydrogen-bond acceptors (Lipinski definition) is 5. The highest BCUT2D eigenvalue weighted by Crippen LogP contribution is 2.41. The van der Waals surface area contributed by atoms with E-state index in [1.807, 2.05) is 60.7 Å². The maximum atomic E-state index is 13.5. The van der Waals surface area contributed by atoms with Gasteiger partial charge in [0.2, 0.25) is 11.8 Å². The summed E-state index contributed by atoms with van der Waals surface area (Å²) in [7, 11) is 0. The SMILES string of the molecule is O=C(OCc1ccccc1)N1CCCN(C(=O)[C@H](CO)NC(=O)C2(c3ccccc3)CCCC2)CC1. The molecule has 4 rings (SSSR count). The number of aliphatic hydroxyl groups is 1. The third-order valence-electron chi connectivity index (χ3n) is 7.28. The molecular formula is C28H35N3O5. The van der Waals surface area contributed by atoms with Crippen molar-refractivity contribution in [2.75, 3.05) is 32.8 Å². The number of benzene rings is 2. The number of hydrogen-bond donors (Lipinski definition) is 2. The summed E-state index contributed by atoms with van der Waals surface area (Å²) in [4.78, 5) is 42.5. The molecule has 3 amide bonds. The predicted octanol–water partition coefficient (Wildman–Crippen LogP) is 2.85. The third-order valence-corrected chi connectivity index (χ3v) is 7.28. The Kier molecular flexibility index (Phi) is 8.59. The molecule has 1 atom stereocenters. The molecular weight excluding hydrogens is 458 g/mol. The van der Waals surface area contributed by atoms with Crippen molar-refractivity contribution in [1.82, 2.24) is 15.1 Å². The molecule has 0 aromatic heterocycles. The third kappa shape index (κ3) is 5.87. The first-order valence-electron chi connectivity index (χ1n) is 12.8. The Morgan fingerprint density at radius 1 is 0.861 bits per heavy atom. The van der Waals surface area contributed by atoms with Gasteiger partial charge in [0.1, 0.15) is 12.6 Å². The maximum Gasteiger partial charge on any atom is 0.410 e. The quantitative estimate of drug-likeness (QED) is 0.618. The molecule has 1 saturated heterocycles. The van der Waals surface area contributed by atoms with E-state index in [-0.39, 0.29) is 18.4 Å². The molecule has 8 heteroatoms. The number of amides is 3. The van der Waals surface area contributed by atoms with Crippen molar-refractivity contribution in [3.63, 3.8) is 0 Å². The minimum atomic E-state index is -1.02. The van der Waals surface area contributed by atoms with Crippen LogP contribution in [-0.2, 0) is 26.3 Å². The van der Waals surface area contributed by atoms with E-state index < -0.39 is 24.2 Å². The van der Waals surface area contributed by atoms with Crippen LogP contribution in [0.25, 0.3) is 0 Å². The second-order valence-electron chi connectivity index (χ2n) is 9.57. The van der Waals surface area contributed by atoms with Crippen molar-refractivity contribution in [1.29, 1.82) is 0 Å². The number of rotatable bonds is 7. The fourth-order valence-electron chi connectivity index (χ4n) is 5.22. The fourth-order valence-corrected chi connectivity index (χ4v) is 5.22. The molecule has 2 aromatic carbocycles. The summed E-state index contributed by atoms with van der Waals surface area (Å²) in [6.45, 7) is 1.28. The Morgan fingerprint density at radius 2 is 1.47 bits per heavy atom. The Hall–Kier alpha value is -3.39. The van der Waals surface area contributed by atoms with Crippen LogP contribution < -0.4 is 5.32 Å². The van der Waals surface area contributed by atoms with E-state index in [4.69, 9.17) is 4.74 Å². The van der Waals surface area contributed by atoms with Gasteiger partial charge in [0.25, 0.3) is 0 Å². The zero-order valence-corrected chi connectivity index (χ0v) is 20.6. The number of ether oxygens (including phenoxy) is 1. The van der Waals surface area contributed by atoms with Crippen molar-refractivity contribution < 1.29 is 24.2 Å². The lowest BCUT2D eigenvalue weighted by Crippen LogP contribution is -2.55. The topological polar surface area (TPSA) is 99.2 Å². The zero-order valence-electron chi connectivity index (χ0n) is 20.6. The Bertz CT molecular complexity index is 1020. The van der Waals surface area contributed by atoms with E-state index in [0.717, 1.165) is 36.8 Å². The largest absolute Gasteiger partial charge is 0.445 e. The highest BCUT2D eigenvalue weighted by molar-refractivity contribution is 5.93. The number of nitrogens with zero attached hydrogens (tertiary/aromatic N) is 2. The van der Waals surface area contributed by atoms with Crippen molar-refractivity contribution in [2.24, 2.45) is 0 Å². The minimum absolute atomic E-state index is 0.195. The Morgan fingerprint density at radius 3 is 2.14 bits per heavy atom. The molecule has 0 bridgehead atoms. The van der Waals surface area contributed by atoms with E-state index in [9.17, 15) is 19.5 Å². The van der Waals surface area contributed by atoms with Gasteiger partial charge in [-0.3, -0.25) is 9.59 Å². The summed E-state index contributed by atoms with van der Waals surface area (Å²) < 4.78 is 5.44. The van der Waals surface area contributed by atoms with Gasteiger partial charge in [-0.05, 0) is 30.4 Å². The summed E-state index contributed by atoms with van der Waals surface area (Å²) >= 11 is 0. The van der Waals surface area contributed by atoms with Crippen LogP contribution in [-0.4, -0.2) is 71.6 Å². The van der Waals surface area contributed by atoms with E-state index >= 15 is 0 Å². The van der Waals surface area contributed by atoms with Crippen molar-refractivity contribution in [3.8, 4) is 0 Å². The predicted molar refractivity (Wildman–Crippen MR) is 135 cm³/mol. The van der Waals surface area contributed by atoms with Crippen LogP contribution in [0.3, 0.4) is 0 Å². The Balaban J connectivity index is 1.34. The molecule has 192 valence electrons. The molecule has 0 radical (unpaired) electrons. The summed E-state index contributed by atoms with van der Waals surface area (Å²) in [5, 5.41) is 12.9. The summed E-state index contributed by atoms with van der Waals surface area (Å²) in [6.07, 6.45) is 3.51. The van der Waals surface area contributed by atoms with Crippen LogP contribution in [0.5, 0.6) is 0 Å². The molecule has 1 aliphatic carbocycles. The summed E-state index contributed by atoms with van der Waals surface area (Å²) in [5.74, 6) is -0.536. The smallest absolute Gasteiger partial charge is 0.410 e. The second-order valence-corrected chi connectivity index (χ2v) is 9.57. The molecule has 2 fully saturated rings. The van der Waals surface area contributed by atoms with Gasteiger partial charge in [-0.1, -0.05) is 73.5 Å². The van der Waals surface area contributed by atoms with Gasteiger partial charge >= 0.3 is 6.09 Å². The van der Waals surface area contributed by atoms with Gasteiger partial charge in [0.15, 0.2) is 0 Å². The Labute approximate surface area is 212 Å². The van der Waals surface area contributed by atoms with Crippen molar-refractivity contribution in [2.45, 2.75) is 50.2 Å². The van der Waals surface area contributed by atoms with Gasteiger partial charge < -0.3 is 25.0 Å². The summed E-state index contributed by atoms with van der Waals surface area (Å²) in [5.41, 5.74) is 1.19. The van der Waals surface area contributed by atoms with Gasteiger partial charge in [-0.2, -0.15) is 0 Å². The highest BCUT2D eigenvalue weighted by atomic mass is 16.6. The van der Waals surface area contributed by atoms with E-state index in [2.05, 4.69) is 5.32 Å². The lowest BCUT2D eigenvalue weighted by molar-refractivity contribution is -0.139. The standard InChI is InChI=1S/C28H35N3O5/c32-20-24(29-26(34)28(14-7-8-15-28)23-12-5-2-6-13-23)25(33)30-16-9-17-31(19-18-30)27(35)36-21-22-10-3-1-4-11-22/h1-6,10-13,24,32H,7-9,14-21H2,(H,29,34)/t24-/m0/s1. The van der Waals surface area contributed by atoms with E-state index in [0.29, 0.717) is 32.6 Å². The first-order valence-corrected chi connectivity index (χ1v) is 12.8. The lowest BCUT2D eigenvalue weighted by Gasteiger charge is -2.32. The molecule has 0 spiro atoms. The van der Waals surface area contributed by atoms with Crippen molar-refractivity contribution in [3.05, 3.63) is 71.8 Å². The summed E-state index contributed by atoms with van der Waals surface area (Å²) in [6, 6.07) is 18.1. The number of aliphatic hydroxyl groups excluding tert-OH is 1. The van der Waals surface area contributed by atoms with Crippen LogP contribution in [0, 0.1) is 0 Å². The van der Waals surface area contributed by atoms with Crippen LogP contribution in [0.2, 0.25) is 0 Å². The number of carbonyl (C=O) groups excluding carboxylic acids is 3. The van der Waals surface area contributed by atoms with Crippen LogP contribution in [0.1, 0.15) is 43.2 Å². The average molecular weight is 494 g/mol. The average Bonchev–Trinajstić information content (AvgIpc) is 3.30. The monoisotopic (exact) mass is 493 g/mol. The van der Waals surface area contributed by atoms with Crippen molar-refractivity contribution >= 4 is 17.9 Å². The molecule has 0 unspecified atom stereocenters. The first kappa shape index (κ1) is 25.7. The second kappa shape index (κ2) is 12.0. The molecule has 2 aliphatic rings. The van der Waals surface area contributed by atoms with Crippen LogP contribution in [0.4, 0.5) is 4.79 Å². The van der Waals surface area contributed by atoms with Gasteiger partial charge in [-0.25, -0.2) is 4.79 Å². The van der Waals surface area contributed by atoms with Crippen LogP contribution >= 0.6 is 0 Å². The van der Waals surface area contributed by atoms with E-state index in [1.54, 1.807) is 9.80 Å². The molecule has 2 aromatic rings. The van der Waals surface area contributed by atoms with Gasteiger partial charge in [0.05, 0.1) is 12.0 Å². The van der Waals surface area contributed by atoms with E-state index in [1.165, 1.54) is 0 Å².